The summed E-state index contributed by atoms with van der Waals surface area (Å²) in [5.74, 6) is 0. The highest BCUT2D eigenvalue weighted by Crippen LogP contribution is 2.03. The van der Waals surface area contributed by atoms with Crippen molar-refractivity contribution in [1.82, 2.24) is 0 Å². The van der Waals surface area contributed by atoms with Crippen molar-refractivity contribution in [3.05, 3.63) is 73.9 Å². The SMILES string of the molecule is C=CCCC/C=C/CC/C=C/CC/C=C/CC/C=C/CCC(O)C=C. The minimum absolute atomic E-state index is 0.365. The van der Waals surface area contributed by atoms with Crippen molar-refractivity contribution in [2.75, 3.05) is 0 Å². The molecule has 0 aliphatic carbocycles. The van der Waals surface area contributed by atoms with Crippen molar-refractivity contribution in [2.24, 2.45) is 0 Å². The van der Waals surface area contributed by atoms with Crippen LogP contribution >= 0.6 is 0 Å². The van der Waals surface area contributed by atoms with E-state index in [0.29, 0.717) is 0 Å². The third-order valence-corrected chi connectivity index (χ3v) is 3.85. The third-order valence-electron chi connectivity index (χ3n) is 3.85. The first-order valence-electron chi connectivity index (χ1n) is 9.82. The van der Waals surface area contributed by atoms with Gasteiger partial charge in [0, 0.05) is 0 Å². The van der Waals surface area contributed by atoms with Gasteiger partial charge in [0.25, 0.3) is 0 Å². The molecule has 25 heavy (non-hydrogen) atoms. The molecule has 1 heteroatoms. The van der Waals surface area contributed by atoms with Crippen LogP contribution in [0, 0.1) is 0 Å². The first-order valence-corrected chi connectivity index (χ1v) is 9.82. The molecule has 0 bridgehead atoms. The average Bonchev–Trinajstić information content (AvgIpc) is 2.63. The molecule has 1 atom stereocenters. The van der Waals surface area contributed by atoms with Crippen molar-refractivity contribution in [3.63, 3.8) is 0 Å². The van der Waals surface area contributed by atoms with Gasteiger partial charge in [-0.2, -0.15) is 0 Å². The molecule has 0 aromatic rings. The highest BCUT2D eigenvalue weighted by molar-refractivity contribution is 4.92. The maximum atomic E-state index is 9.33. The summed E-state index contributed by atoms with van der Waals surface area (Å²) in [4.78, 5) is 0. The molecule has 0 aliphatic heterocycles. The summed E-state index contributed by atoms with van der Waals surface area (Å²) in [6.07, 6.45) is 33.2. The van der Waals surface area contributed by atoms with Crippen LogP contribution in [0.2, 0.25) is 0 Å². The second-order valence-electron chi connectivity index (χ2n) is 6.22. The van der Waals surface area contributed by atoms with Crippen LogP contribution in [0.5, 0.6) is 0 Å². The number of aliphatic hydroxyl groups is 1. The molecule has 0 aromatic heterocycles. The predicted octanol–water partition coefficient (Wildman–Crippen LogP) is 7.24. The van der Waals surface area contributed by atoms with E-state index in [-0.39, 0.29) is 6.10 Å². The van der Waals surface area contributed by atoms with Gasteiger partial charge in [-0.25, -0.2) is 0 Å². The minimum atomic E-state index is -0.365. The fraction of sp³-hybridized carbons (Fsp3) is 0.500. The van der Waals surface area contributed by atoms with Crippen LogP contribution in [0.1, 0.15) is 70.6 Å². The molecule has 0 aromatic carbocycles. The van der Waals surface area contributed by atoms with E-state index >= 15 is 0 Å². The lowest BCUT2D eigenvalue weighted by Crippen LogP contribution is -1.99. The number of unbranched alkanes of at least 4 members (excludes halogenated alkanes) is 5. The summed E-state index contributed by atoms with van der Waals surface area (Å²) in [5, 5.41) is 9.33. The number of hydrogen-bond acceptors (Lipinski definition) is 1. The van der Waals surface area contributed by atoms with Crippen molar-refractivity contribution in [2.45, 2.75) is 76.7 Å². The zero-order chi connectivity index (χ0) is 18.4. The fourth-order valence-corrected chi connectivity index (χ4v) is 2.29. The molecule has 0 radical (unpaired) electrons. The summed E-state index contributed by atoms with van der Waals surface area (Å²) in [6.45, 7) is 7.30. The summed E-state index contributed by atoms with van der Waals surface area (Å²) < 4.78 is 0. The molecule has 0 fully saturated rings. The Kier molecular flexibility index (Phi) is 19.1. The van der Waals surface area contributed by atoms with E-state index < -0.39 is 0 Å². The smallest absolute Gasteiger partial charge is 0.0721 e. The van der Waals surface area contributed by atoms with E-state index in [1.807, 2.05) is 6.08 Å². The standard InChI is InChI=1S/C24H38O/c1-3-5-6-7-8-9-10-11-12-13-14-15-16-17-18-19-20-21-22-23-24(25)4-2/h3-4,8-9,12-13,16-17,20-21,24-25H,1-2,5-7,10-11,14-15,18-19,22-23H2/b9-8+,13-12+,17-16+,21-20+. The van der Waals surface area contributed by atoms with Gasteiger partial charge in [0.2, 0.25) is 0 Å². The van der Waals surface area contributed by atoms with Crippen LogP contribution in [0.3, 0.4) is 0 Å². The van der Waals surface area contributed by atoms with Gasteiger partial charge in [0.15, 0.2) is 0 Å². The molecular weight excluding hydrogens is 304 g/mol. The molecule has 0 heterocycles. The minimum Gasteiger partial charge on any atom is -0.389 e. The van der Waals surface area contributed by atoms with Crippen molar-refractivity contribution in [3.8, 4) is 0 Å². The van der Waals surface area contributed by atoms with Gasteiger partial charge < -0.3 is 5.11 Å². The van der Waals surface area contributed by atoms with Gasteiger partial charge >= 0.3 is 0 Å². The largest absolute Gasteiger partial charge is 0.389 e. The van der Waals surface area contributed by atoms with Gasteiger partial charge in [-0.05, 0) is 70.6 Å². The molecule has 1 unspecified atom stereocenters. The zero-order valence-electron chi connectivity index (χ0n) is 16.0. The second kappa shape index (κ2) is 20.4. The summed E-state index contributed by atoms with van der Waals surface area (Å²) >= 11 is 0. The summed E-state index contributed by atoms with van der Waals surface area (Å²) in [6, 6.07) is 0. The van der Waals surface area contributed by atoms with E-state index in [9.17, 15) is 5.11 Å². The Morgan fingerprint density at radius 1 is 0.560 bits per heavy atom. The first kappa shape index (κ1) is 23.4. The molecule has 0 saturated heterocycles. The molecule has 0 aliphatic rings. The van der Waals surface area contributed by atoms with Crippen LogP contribution in [-0.4, -0.2) is 11.2 Å². The lowest BCUT2D eigenvalue weighted by atomic mass is 10.1. The molecule has 0 spiro atoms. The molecule has 0 rings (SSSR count). The van der Waals surface area contributed by atoms with E-state index in [0.717, 1.165) is 57.8 Å². The van der Waals surface area contributed by atoms with Crippen molar-refractivity contribution >= 4 is 0 Å². The number of rotatable bonds is 17. The first-order chi connectivity index (χ1) is 12.3. The van der Waals surface area contributed by atoms with Gasteiger partial charge in [-0.15, -0.1) is 13.2 Å². The zero-order valence-corrected chi connectivity index (χ0v) is 16.0. The van der Waals surface area contributed by atoms with Crippen molar-refractivity contribution in [1.29, 1.82) is 0 Å². The monoisotopic (exact) mass is 342 g/mol. The van der Waals surface area contributed by atoms with Gasteiger partial charge in [-0.3, -0.25) is 0 Å². The quantitative estimate of drug-likeness (QED) is 0.218. The second-order valence-corrected chi connectivity index (χ2v) is 6.22. The Hall–Kier alpha value is -1.60. The Bertz CT molecular complexity index is 412. The van der Waals surface area contributed by atoms with Crippen LogP contribution in [0.25, 0.3) is 0 Å². The van der Waals surface area contributed by atoms with Gasteiger partial charge in [0.05, 0.1) is 6.10 Å². The van der Waals surface area contributed by atoms with Crippen LogP contribution in [-0.2, 0) is 0 Å². The Morgan fingerprint density at radius 2 is 0.960 bits per heavy atom. The Labute approximate surface area is 156 Å². The molecule has 0 saturated carbocycles. The topological polar surface area (TPSA) is 20.2 Å². The van der Waals surface area contributed by atoms with E-state index in [4.69, 9.17) is 0 Å². The van der Waals surface area contributed by atoms with Gasteiger partial charge in [-0.1, -0.05) is 60.8 Å². The van der Waals surface area contributed by atoms with Gasteiger partial charge in [0.1, 0.15) is 0 Å². The third kappa shape index (κ3) is 20.4. The normalized spacial score (nSPS) is 13.5. The molecule has 1 N–H and O–H groups in total. The molecule has 0 amide bonds. The number of aliphatic hydroxyl groups excluding tert-OH is 1. The number of allylic oxidation sites excluding steroid dienone is 9. The summed E-state index contributed by atoms with van der Waals surface area (Å²) in [7, 11) is 0. The van der Waals surface area contributed by atoms with Crippen LogP contribution in [0.15, 0.2) is 73.9 Å². The fourth-order valence-electron chi connectivity index (χ4n) is 2.29. The van der Waals surface area contributed by atoms with Crippen LogP contribution < -0.4 is 0 Å². The Balaban J connectivity index is 3.38. The van der Waals surface area contributed by atoms with E-state index in [1.165, 1.54) is 12.8 Å². The van der Waals surface area contributed by atoms with Crippen molar-refractivity contribution < 1.29 is 5.11 Å². The van der Waals surface area contributed by atoms with Crippen LogP contribution in [0.4, 0.5) is 0 Å². The molecular formula is C24H38O. The maximum absolute atomic E-state index is 9.33. The van der Waals surface area contributed by atoms with E-state index in [2.05, 4.69) is 61.8 Å². The number of hydrogen-bond donors (Lipinski definition) is 1. The maximum Gasteiger partial charge on any atom is 0.0721 e. The predicted molar refractivity (Wildman–Crippen MR) is 114 cm³/mol. The lowest BCUT2D eigenvalue weighted by molar-refractivity contribution is 0.214. The average molecular weight is 343 g/mol. The Morgan fingerprint density at radius 3 is 1.36 bits per heavy atom. The summed E-state index contributed by atoms with van der Waals surface area (Å²) in [5.41, 5.74) is 0. The highest BCUT2D eigenvalue weighted by atomic mass is 16.3. The lowest BCUT2D eigenvalue weighted by Gasteiger charge is -1.99. The highest BCUT2D eigenvalue weighted by Gasteiger charge is 1.93. The van der Waals surface area contributed by atoms with E-state index in [1.54, 1.807) is 6.08 Å². The molecule has 140 valence electrons. The molecule has 1 nitrogen and oxygen atoms in total.